The van der Waals surface area contributed by atoms with Gasteiger partial charge in [0.2, 0.25) is 0 Å². The zero-order valence-corrected chi connectivity index (χ0v) is 12.5. The molecular weight excluding hydrogens is 282 g/mol. The van der Waals surface area contributed by atoms with E-state index in [1.807, 2.05) is 19.9 Å². The molecule has 0 saturated heterocycles. The molecule has 22 heavy (non-hydrogen) atoms. The van der Waals surface area contributed by atoms with E-state index in [0.717, 1.165) is 17.7 Å². The lowest BCUT2D eigenvalue weighted by atomic mass is 10.1. The van der Waals surface area contributed by atoms with Crippen LogP contribution in [0.3, 0.4) is 0 Å². The maximum atomic E-state index is 12.2. The number of carbonyl (C=O) groups is 1. The van der Waals surface area contributed by atoms with Crippen molar-refractivity contribution in [2.75, 3.05) is 11.9 Å². The van der Waals surface area contributed by atoms with E-state index in [9.17, 15) is 4.79 Å². The molecule has 0 fully saturated rings. The Balaban J connectivity index is 1.89. The Hall–Kier alpha value is -2.63. The lowest BCUT2D eigenvalue weighted by molar-refractivity contribution is 0.102. The van der Waals surface area contributed by atoms with Gasteiger partial charge >= 0.3 is 0 Å². The topological polar surface area (TPSA) is 73.3 Å². The molecule has 0 saturated carbocycles. The summed E-state index contributed by atoms with van der Waals surface area (Å²) in [4.78, 5) is 20.1. The molecule has 0 aliphatic carbocycles. The fourth-order valence-corrected chi connectivity index (χ4v) is 2.41. The molecule has 1 atom stereocenters. The summed E-state index contributed by atoms with van der Waals surface area (Å²) in [6, 6.07) is 3.73. The van der Waals surface area contributed by atoms with E-state index in [4.69, 9.17) is 9.47 Å². The van der Waals surface area contributed by atoms with Crippen molar-refractivity contribution >= 4 is 11.6 Å². The molecule has 0 radical (unpaired) electrons. The SMILES string of the molecule is CCOc1cc2c(cc1NC(=O)c1cnccn1)O[C@@H](C)C2. The van der Waals surface area contributed by atoms with Gasteiger partial charge in [0.15, 0.2) is 0 Å². The third-order valence-electron chi connectivity index (χ3n) is 3.34. The number of hydrogen-bond acceptors (Lipinski definition) is 5. The van der Waals surface area contributed by atoms with Crippen molar-refractivity contribution in [3.05, 3.63) is 42.0 Å². The van der Waals surface area contributed by atoms with Gasteiger partial charge in [-0.05, 0) is 19.9 Å². The highest BCUT2D eigenvalue weighted by atomic mass is 16.5. The number of nitrogens with one attached hydrogen (secondary N) is 1. The molecule has 1 aromatic carbocycles. The number of aromatic nitrogens is 2. The van der Waals surface area contributed by atoms with Crippen LogP contribution in [0.2, 0.25) is 0 Å². The van der Waals surface area contributed by atoms with Crippen LogP contribution in [0.1, 0.15) is 29.9 Å². The number of anilines is 1. The van der Waals surface area contributed by atoms with E-state index >= 15 is 0 Å². The summed E-state index contributed by atoms with van der Waals surface area (Å²) >= 11 is 0. The molecule has 0 spiro atoms. The molecule has 2 aromatic rings. The first-order valence-electron chi connectivity index (χ1n) is 7.21. The maximum Gasteiger partial charge on any atom is 0.275 e. The Kier molecular flexibility index (Phi) is 3.91. The second-order valence-electron chi connectivity index (χ2n) is 5.07. The number of rotatable bonds is 4. The van der Waals surface area contributed by atoms with Crippen LogP contribution in [0.4, 0.5) is 5.69 Å². The van der Waals surface area contributed by atoms with E-state index in [-0.39, 0.29) is 17.7 Å². The molecule has 1 N–H and O–H groups in total. The smallest absolute Gasteiger partial charge is 0.275 e. The average molecular weight is 299 g/mol. The van der Waals surface area contributed by atoms with Crippen molar-refractivity contribution in [2.24, 2.45) is 0 Å². The monoisotopic (exact) mass is 299 g/mol. The third kappa shape index (κ3) is 2.86. The van der Waals surface area contributed by atoms with Gasteiger partial charge in [0, 0.05) is 30.4 Å². The minimum atomic E-state index is -0.333. The lowest BCUT2D eigenvalue weighted by Crippen LogP contribution is -2.14. The van der Waals surface area contributed by atoms with E-state index < -0.39 is 0 Å². The third-order valence-corrected chi connectivity index (χ3v) is 3.34. The number of benzene rings is 1. The van der Waals surface area contributed by atoms with E-state index in [1.54, 1.807) is 6.07 Å². The zero-order chi connectivity index (χ0) is 15.5. The number of nitrogens with zero attached hydrogens (tertiary/aromatic N) is 2. The average Bonchev–Trinajstić information content (AvgIpc) is 2.87. The number of amides is 1. The number of fused-ring (bicyclic) bond motifs is 1. The summed E-state index contributed by atoms with van der Waals surface area (Å²) in [5.41, 5.74) is 1.92. The van der Waals surface area contributed by atoms with Crippen LogP contribution in [0, 0.1) is 0 Å². The fraction of sp³-hybridized carbons (Fsp3) is 0.312. The van der Waals surface area contributed by atoms with Crippen molar-refractivity contribution in [3.63, 3.8) is 0 Å². The van der Waals surface area contributed by atoms with Crippen LogP contribution < -0.4 is 14.8 Å². The molecule has 1 aromatic heterocycles. The van der Waals surface area contributed by atoms with E-state index in [0.29, 0.717) is 18.0 Å². The van der Waals surface area contributed by atoms with Crippen LogP contribution >= 0.6 is 0 Å². The minimum absolute atomic E-state index is 0.135. The number of ether oxygens (including phenoxy) is 2. The van der Waals surface area contributed by atoms with Crippen molar-refractivity contribution in [1.29, 1.82) is 0 Å². The number of hydrogen-bond donors (Lipinski definition) is 1. The van der Waals surface area contributed by atoms with E-state index in [1.165, 1.54) is 18.6 Å². The molecule has 3 rings (SSSR count). The second-order valence-corrected chi connectivity index (χ2v) is 5.07. The van der Waals surface area contributed by atoms with Gasteiger partial charge in [0.05, 0.1) is 18.5 Å². The molecule has 6 nitrogen and oxygen atoms in total. The highest BCUT2D eigenvalue weighted by molar-refractivity contribution is 6.03. The molecule has 6 heteroatoms. The summed E-state index contributed by atoms with van der Waals surface area (Å²) in [5, 5.41) is 2.81. The van der Waals surface area contributed by atoms with Gasteiger partial charge in [-0.2, -0.15) is 0 Å². The van der Waals surface area contributed by atoms with Gasteiger partial charge < -0.3 is 14.8 Å². The Labute approximate surface area is 128 Å². The number of carbonyl (C=O) groups excluding carboxylic acids is 1. The molecule has 1 amide bonds. The molecule has 1 aliphatic rings. The summed E-state index contributed by atoms with van der Waals surface area (Å²) < 4.78 is 11.4. The van der Waals surface area contributed by atoms with Crippen molar-refractivity contribution < 1.29 is 14.3 Å². The zero-order valence-electron chi connectivity index (χ0n) is 12.5. The predicted octanol–water partition coefficient (Wildman–Crippen LogP) is 2.45. The highest BCUT2D eigenvalue weighted by Crippen LogP contribution is 2.38. The van der Waals surface area contributed by atoms with Crippen LogP contribution in [0.25, 0.3) is 0 Å². The van der Waals surface area contributed by atoms with Crippen molar-refractivity contribution in [3.8, 4) is 11.5 Å². The highest BCUT2D eigenvalue weighted by Gasteiger charge is 2.23. The second kappa shape index (κ2) is 6.01. The summed E-state index contributed by atoms with van der Waals surface area (Å²) in [6.45, 7) is 4.43. The summed E-state index contributed by atoms with van der Waals surface area (Å²) in [6.07, 6.45) is 5.39. The molecule has 1 aliphatic heterocycles. The maximum absolute atomic E-state index is 12.2. The van der Waals surface area contributed by atoms with Gasteiger partial charge in [-0.25, -0.2) is 4.98 Å². The first-order chi connectivity index (χ1) is 10.7. The predicted molar refractivity (Wildman–Crippen MR) is 81.4 cm³/mol. The van der Waals surface area contributed by atoms with Crippen LogP contribution in [-0.4, -0.2) is 28.6 Å². The van der Waals surface area contributed by atoms with Gasteiger partial charge in [-0.15, -0.1) is 0 Å². The van der Waals surface area contributed by atoms with Gasteiger partial charge in [-0.3, -0.25) is 9.78 Å². The fourth-order valence-electron chi connectivity index (χ4n) is 2.41. The summed E-state index contributed by atoms with van der Waals surface area (Å²) in [5.74, 6) is 1.08. The molecule has 0 unspecified atom stereocenters. The van der Waals surface area contributed by atoms with E-state index in [2.05, 4.69) is 15.3 Å². The normalized spacial score (nSPS) is 15.8. The largest absolute Gasteiger partial charge is 0.492 e. The van der Waals surface area contributed by atoms with Gasteiger partial charge in [-0.1, -0.05) is 0 Å². The Morgan fingerprint density at radius 2 is 2.32 bits per heavy atom. The Morgan fingerprint density at radius 1 is 1.45 bits per heavy atom. The molecule has 2 heterocycles. The van der Waals surface area contributed by atoms with Crippen LogP contribution in [-0.2, 0) is 6.42 Å². The summed E-state index contributed by atoms with van der Waals surface area (Å²) in [7, 11) is 0. The quantitative estimate of drug-likeness (QED) is 0.938. The first-order valence-corrected chi connectivity index (χ1v) is 7.21. The first kappa shape index (κ1) is 14.3. The molecule has 0 bridgehead atoms. The van der Waals surface area contributed by atoms with Crippen LogP contribution in [0.15, 0.2) is 30.7 Å². The van der Waals surface area contributed by atoms with Gasteiger partial charge in [0.1, 0.15) is 23.3 Å². The van der Waals surface area contributed by atoms with Crippen molar-refractivity contribution in [2.45, 2.75) is 26.4 Å². The van der Waals surface area contributed by atoms with Crippen LogP contribution in [0.5, 0.6) is 11.5 Å². The van der Waals surface area contributed by atoms with Crippen molar-refractivity contribution in [1.82, 2.24) is 9.97 Å². The van der Waals surface area contributed by atoms with Gasteiger partial charge in [0.25, 0.3) is 5.91 Å². The lowest BCUT2D eigenvalue weighted by Gasteiger charge is -2.13. The standard InChI is InChI=1S/C16H17N3O3/c1-3-21-15-7-11-6-10(2)22-14(11)8-12(15)19-16(20)13-9-17-4-5-18-13/h4-5,7-10H,3,6H2,1-2H3,(H,19,20)/t10-/m0/s1. The Bertz CT molecular complexity index is 689. The minimum Gasteiger partial charge on any atom is -0.492 e. The molecular formula is C16H17N3O3. The Morgan fingerprint density at radius 3 is 3.05 bits per heavy atom. The molecule has 114 valence electrons.